The lowest BCUT2D eigenvalue weighted by Gasteiger charge is -2.24. The second-order valence-corrected chi connectivity index (χ2v) is 6.47. The van der Waals surface area contributed by atoms with Gasteiger partial charge in [-0.15, -0.1) is 11.3 Å². The van der Waals surface area contributed by atoms with Crippen LogP contribution in [0.25, 0.3) is 0 Å². The van der Waals surface area contributed by atoms with Crippen molar-refractivity contribution in [3.8, 4) is 0 Å². The van der Waals surface area contributed by atoms with Gasteiger partial charge in [-0.3, -0.25) is 9.59 Å². The Labute approximate surface area is 129 Å². The molecule has 116 valence electrons. The summed E-state index contributed by atoms with van der Waals surface area (Å²) in [6.07, 6.45) is 2.06. The maximum Gasteiger partial charge on any atom is 0.242 e. The van der Waals surface area contributed by atoms with Gasteiger partial charge in [-0.05, 0) is 38.3 Å². The van der Waals surface area contributed by atoms with Crippen LogP contribution in [0.3, 0.4) is 0 Å². The van der Waals surface area contributed by atoms with E-state index in [1.54, 1.807) is 16.2 Å². The van der Waals surface area contributed by atoms with E-state index in [0.29, 0.717) is 19.5 Å². The van der Waals surface area contributed by atoms with Crippen LogP contribution < -0.4 is 10.6 Å². The van der Waals surface area contributed by atoms with Gasteiger partial charge in [0.1, 0.15) is 6.04 Å². The van der Waals surface area contributed by atoms with Gasteiger partial charge in [-0.25, -0.2) is 0 Å². The largest absolute Gasteiger partial charge is 0.353 e. The van der Waals surface area contributed by atoms with Gasteiger partial charge in [-0.1, -0.05) is 6.07 Å². The monoisotopic (exact) mass is 309 g/mol. The molecule has 0 radical (unpaired) electrons. The first kappa shape index (κ1) is 16.0. The van der Waals surface area contributed by atoms with Gasteiger partial charge in [0.2, 0.25) is 11.8 Å². The maximum absolute atomic E-state index is 12.4. The first-order valence-electron chi connectivity index (χ1n) is 7.38. The highest BCUT2D eigenvalue weighted by Crippen LogP contribution is 2.20. The van der Waals surface area contributed by atoms with Crippen LogP contribution in [0, 0.1) is 0 Å². The lowest BCUT2D eigenvalue weighted by atomic mass is 10.2. The summed E-state index contributed by atoms with van der Waals surface area (Å²) >= 11 is 1.58. The average molecular weight is 309 g/mol. The lowest BCUT2D eigenvalue weighted by Crippen LogP contribution is -2.48. The normalized spacial score (nSPS) is 19.5. The van der Waals surface area contributed by atoms with Crippen molar-refractivity contribution in [2.75, 3.05) is 20.1 Å². The standard InChI is InChI=1S/C15H23N3O2S/c1-11(16-2)10-17-15(20)13-6-3-7-18(13)14(19)9-12-5-4-8-21-12/h4-5,8,11,13,16H,3,6-7,9-10H2,1-2H3,(H,17,20). The smallest absolute Gasteiger partial charge is 0.242 e. The highest BCUT2D eigenvalue weighted by Gasteiger charge is 2.33. The Morgan fingerprint density at radius 2 is 2.33 bits per heavy atom. The molecule has 0 saturated carbocycles. The zero-order valence-corrected chi connectivity index (χ0v) is 13.4. The topological polar surface area (TPSA) is 61.4 Å². The molecule has 2 N–H and O–H groups in total. The molecule has 1 aromatic heterocycles. The minimum absolute atomic E-state index is 0.0332. The zero-order valence-electron chi connectivity index (χ0n) is 12.6. The predicted molar refractivity (Wildman–Crippen MR) is 84.3 cm³/mol. The molecule has 21 heavy (non-hydrogen) atoms. The van der Waals surface area contributed by atoms with Crippen LogP contribution in [0.5, 0.6) is 0 Å². The predicted octanol–water partition coefficient (Wildman–Crippen LogP) is 1.01. The molecule has 2 amide bonds. The van der Waals surface area contributed by atoms with E-state index in [-0.39, 0.29) is 23.9 Å². The van der Waals surface area contributed by atoms with Crippen molar-refractivity contribution in [3.05, 3.63) is 22.4 Å². The Kier molecular flexibility index (Phi) is 5.76. The number of hydrogen-bond donors (Lipinski definition) is 2. The van der Waals surface area contributed by atoms with E-state index in [1.165, 1.54) is 0 Å². The molecule has 2 heterocycles. The van der Waals surface area contributed by atoms with Crippen LogP contribution >= 0.6 is 11.3 Å². The highest BCUT2D eigenvalue weighted by atomic mass is 32.1. The number of carbonyl (C=O) groups is 2. The van der Waals surface area contributed by atoms with Crippen molar-refractivity contribution in [1.29, 1.82) is 0 Å². The SMILES string of the molecule is CNC(C)CNC(=O)C1CCCN1C(=O)Cc1cccs1. The number of amides is 2. The third kappa shape index (κ3) is 4.28. The fourth-order valence-corrected chi connectivity index (χ4v) is 3.17. The molecule has 0 spiro atoms. The van der Waals surface area contributed by atoms with Crippen molar-refractivity contribution in [1.82, 2.24) is 15.5 Å². The summed E-state index contributed by atoms with van der Waals surface area (Å²) in [6, 6.07) is 3.83. The minimum Gasteiger partial charge on any atom is -0.353 e. The van der Waals surface area contributed by atoms with Crippen molar-refractivity contribution >= 4 is 23.2 Å². The van der Waals surface area contributed by atoms with Crippen molar-refractivity contribution < 1.29 is 9.59 Å². The van der Waals surface area contributed by atoms with E-state index in [1.807, 2.05) is 31.5 Å². The number of carbonyl (C=O) groups excluding carboxylic acids is 2. The Balaban J connectivity index is 1.90. The van der Waals surface area contributed by atoms with E-state index < -0.39 is 0 Å². The fraction of sp³-hybridized carbons (Fsp3) is 0.600. The van der Waals surface area contributed by atoms with Crippen molar-refractivity contribution in [2.24, 2.45) is 0 Å². The Morgan fingerprint density at radius 3 is 3.00 bits per heavy atom. The summed E-state index contributed by atoms with van der Waals surface area (Å²) in [4.78, 5) is 27.4. The molecule has 0 bridgehead atoms. The van der Waals surface area contributed by atoms with E-state index in [0.717, 1.165) is 17.7 Å². The van der Waals surface area contributed by atoms with E-state index in [9.17, 15) is 9.59 Å². The molecule has 1 saturated heterocycles. The van der Waals surface area contributed by atoms with Crippen molar-refractivity contribution in [2.45, 2.75) is 38.3 Å². The van der Waals surface area contributed by atoms with E-state index in [4.69, 9.17) is 0 Å². The molecule has 0 aliphatic carbocycles. The number of likely N-dealkylation sites (N-methyl/N-ethyl adjacent to an activating group) is 1. The van der Waals surface area contributed by atoms with Gasteiger partial charge < -0.3 is 15.5 Å². The van der Waals surface area contributed by atoms with Crippen LogP contribution in [0.2, 0.25) is 0 Å². The number of likely N-dealkylation sites (tertiary alicyclic amines) is 1. The third-order valence-electron chi connectivity index (χ3n) is 3.86. The molecule has 5 nitrogen and oxygen atoms in total. The lowest BCUT2D eigenvalue weighted by molar-refractivity contribution is -0.137. The van der Waals surface area contributed by atoms with Crippen LogP contribution in [0.4, 0.5) is 0 Å². The van der Waals surface area contributed by atoms with Crippen LogP contribution in [-0.2, 0) is 16.0 Å². The molecule has 1 aliphatic heterocycles. The molecule has 1 fully saturated rings. The molecule has 1 aliphatic rings. The van der Waals surface area contributed by atoms with Crippen LogP contribution in [0.15, 0.2) is 17.5 Å². The molecule has 2 rings (SSSR count). The molecular weight excluding hydrogens is 286 g/mol. The molecule has 1 aromatic rings. The quantitative estimate of drug-likeness (QED) is 0.824. The second kappa shape index (κ2) is 7.56. The van der Waals surface area contributed by atoms with Gasteiger partial charge in [0.25, 0.3) is 0 Å². The van der Waals surface area contributed by atoms with Gasteiger partial charge in [0.15, 0.2) is 0 Å². The second-order valence-electron chi connectivity index (χ2n) is 5.44. The highest BCUT2D eigenvalue weighted by molar-refractivity contribution is 7.10. The molecular formula is C15H23N3O2S. The number of nitrogens with zero attached hydrogens (tertiary/aromatic N) is 1. The van der Waals surface area contributed by atoms with E-state index >= 15 is 0 Å². The van der Waals surface area contributed by atoms with E-state index in [2.05, 4.69) is 10.6 Å². The van der Waals surface area contributed by atoms with Crippen LogP contribution in [-0.4, -0.2) is 48.9 Å². The third-order valence-corrected chi connectivity index (χ3v) is 4.73. The summed E-state index contributed by atoms with van der Waals surface area (Å²) in [5, 5.41) is 7.98. The first-order chi connectivity index (χ1) is 10.1. The number of thiophene rings is 1. The van der Waals surface area contributed by atoms with Gasteiger partial charge in [0.05, 0.1) is 6.42 Å². The summed E-state index contributed by atoms with van der Waals surface area (Å²) < 4.78 is 0. The summed E-state index contributed by atoms with van der Waals surface area (Å²) in [5.74, 6) is 0.0193. The molecule has 2 atom stereocenters. The summed E-state index contributed by atoms with van der Waals surface area (Å²) in [7, 11) is 1.86. The first-order valence-corrected chi connectivity index (χ1v) is 8.26. The minimum atomic E-state index is -0.304. The number of rotatable bonds is 6. The molecule has 2 unspecified atom stereocenters. The maximum atomic E-state index is 12.4. The van der Waals surface area contributed by atoms with Gasteiger partial charge >= 0.3 is 0 Å². The average Bonchev–Trinajstić information content (AvgIpc) is 3.14. The Bertz CT molecular complexity index is 475. The number of hydrogen-bond acceptors (Lipinski definition) is 4. The van der Waals surface area contributed by atoms with Crippen molar-refractivity contribution in [3.63, 3.8) is 0 Å². The molecule has 0 aromatic carbocycles. The summed E-state index contributed by atoms with van der Waals surface area (Å²) in [6.45, 7) is 3.28. The fourth-order valence-electron chi connectivity index (χ4n) is 2.48. The Morgan fingerprint density at radius 1 is 1.52 bits per heavy atom. The molecule has 6 heteroatoms. The van der Waals surface area contributed by atoms with Gasteiger partial charge in [-0.2, -0.15) is 0 Å². The zero-order chi connectivity index (χ0) is 15.2. The number of nitrogens with one attached hydrogen (secondary N) is 2. The van der Waals surface area contributed by atoms with Gasteiger partial charge in [0, 0.05) is 24.0 Å². The summed E-state index contributed by atoms with van der Waals surface area (Å²) in [5.41, 5.74) is 0. The Hall–Kier alpha value is -1.40. The van der Waals surface area contributed by atoms with Crippen LogP contribution in [0.1, 0.15) is 24.6 Å².